The summed E-state index contributed by atoms with van der Waals surface area (Å²) in [4.78, 5) is 6.52. The lowest BCUT2D eigenvalue weighted by atomic mass is 9.95. The molecule has 4 aromatic heterocycles. The molecule has 0 radical (unpaired) electrons. The average molecular weight is 1300 g/mol. The van der Waals surface area contributed by atoms with Crippen LogP contribution in [0.5, 0.6) is 0 Å². The third kappa shape index (κ3) is 9.96. The number of benzene rings is 12. The third-order valence-electron chi connectivity index (χ3n) is 18.6. The van der Waals surface area contributed by atoms with Gasteiger partial charge in [0.1, 0.15) is 0 Å². The van der Waals surface area contributed by atoms with Crippen LogP contribution >= 0.6 is 0 Å². The Labute approximate surface area is 554 Å². The molecule has 0 saturated heterocycles. The number of aromatic nitrogens is 4. The first kappa shape index (κ1) is 61.8. The Balaban J connectivity index is 0.000000160. The summed E-state index contributed by atoms with van der Waals surface area (Å²) in [6.07, 6.45) is -14.5. The van der Waals surface area contributed by atoms with Crippen LogP contribution in [0.15, 0.2) is 231 Å². The van der Waals surface area contributed by atoms with Crippen LogP contribution in [0.1, 0.15) is 44.5 Å². The fraction of sp³-hybridized carbons (Fsp3) is 0.0854. The number of fused-ring (bicyclic) bond motifs is 12. The minimum absolute atomic E-state index is 0.148. The Hall–Kier alpha value is -12.3. The van der Waals surface area contributed by atoms with Crippen molar-refractivity contribution in [2.75, 3.05) is 0 Å². The van der Waals surface area contributed by atoms with Crippen LogP contribution < -0.4 is 0 Å². The van der Waals surface area contributed by atoms with E-state index in [0.29, 0.717) is 51.3 Å². The molecule has 0 aliphatic rings. The Bertz CT molecular complexity index is 6190. The molecule has 0 fully saturated rings. The van der Waals surface area contributed by atoms with Crippen LogP contribution in [0.4, 0.5) is 50.9 Å². The molecule has 16 heteroatoms. The highest BCUT2D eigenvalue weighted by Crippen LogP contribution is 2.49. The minimum Gasteiger partial charge on any atom is -0.307 e. The maximum atomic E-state index is 15.3. The Morgan fingerprint density at radius 3 is 0.939 bits per heavy atom. The number of nitrogens with zero attached hydrogens (tertiary/aromatic N) is 7. The summed E-state index contributed by atoms with van der Waals surface area (Å²) in [5.74, 6) is 0. The van der Waals surface area contributed by atoms with E-state index >= 15 is 13.2 Å². The van der Waals surface area contributed by atoms with Gasteiger partial charge in [0, 0.05) is 59.8 Å². The van der Waals surface area contributed by atoms with E-state index < -0.39 is 46.5 Å². The van der Waals surface area contributed by atoms with Gasteiger partial charge in [-0.3, -0.25) is 0 Å². The molecule has 4 heterocycles. The highest BCUT2D eigenvalue weighted by atomic mass is 19.4. The lowest BCUT2D eigenvalue weighted by molar-refractivity contribution is -0.138. The quantitative estimate of drug-likeness (QED) is 0.121. The molecule has 16 rings (SSSR count). The fourth-order valence-electron chi connectivity index (χ4n) is 14.5. The van der Waals surface area contributed by atoms with Gasteiger partial charge in [0.05, 0.1) is 97.2 Å². The molecule has 7 nitrogen and oxygen atoms in total. The van der Waals surface area contributed by atoms with E-state index in [-0.39, 0.29) is 28.1 Å². The van der Waals surface area contributed by atoms with Gasteiger partial charge >= 0.3 is 18.5 Å². The second-order valence-electron chi connectivity index (χ2n) is 24.4. The van der Waals surface area contributed by atoms with Crippen molar-refractivity contribution in [2.24, 2.45) is 0 Å². The fourth-order valence-corrected chi connectivity index (χ4v) is 14.5. The van der Waals surface area contributed by atoms with Gasteiger partial charge < -0.3 is 18.3 Å². The van der Waals surface area contributed by atoms with Crippen molar-refractivity contribution in [1.82, 2.24) is 18.3 Å². The van der Waals surface area contributed by atoms with Crippen LogP contribution in [0.3, 0.4) is 0 Å². The molecule has 16 aromatic rings. The van der Waals surface area contributed by atoms with Crippen molar-refractivity contribution < 1.29 is 39.5 Å². The predicted molar refractivity (Wildman–Crippen MR) is 372 cm³/mol. The molecule has 476 valence electrons. The average Bonchev–Trinajstić information content (AvgIpc) is 1.54. The molecule has 0 spiro atoms. The molecular weight excluding hydrogens is 1250 g/mol. The number of hydrogen-bond donors (Lipinski definition) is 0. The molecule has 0 bridgehead atoms. The number of alkyl halides is 9. The van der Waals surface area contributed by atoms with Gasteiger partial charge in [-0.05, 0) is 176 Å². The molecule has 0 atom stereocenters. The summed E-state index contributed by atoms with van der Waals surface area (Å²) in [6, 6.07) is 68.7. The van der Waals surface area contributed by atoms with Crippen molar-refractivity contribution in [3.8, 4) is 51.1 Å². The van der Waals surface area contributed by atoms with Crippen LogP contribution in [0.2, 0.25) is 0 Å². The largest absolute Gasteiger partial charge is 0.417 e. The topological polar surface area (TPSA) is 52.2 Å². The zero-order chi connectivity index (χ0) is 68.4. The molecule has 98 heavy (non-hydrogen) atoms. The Morgan fingerprint density at radius 1 is 0.327 bits per heavy atom. The summed E-state index contributed by atoms with van der Waals surface area (Å²) < 4.78 is 138. The molecule has 0 saturated carbocycles. The van der Waals surface area contributed by atoms with Crippen LogP contribution in [0.25, 0.3) is 142 Å². The van der Waals surface area contributed by atoms with Crippen LogP contribution in [-0.2, 0) is 18.5 Å². The van der Waals surface area contributed by atoms with Gasteiger partial charge in [0.15, 0.2) is 11.4 Å². The minimum atomic E-state index is -4.97. The number of halogens is 9. The Kier molecular flexibility index (Phi) is 14.5. The molecule has 0 unspecified atom stereocenters. The van der Waals surface area contributed by atoms with E-state index in [9.17, 15) is 31.6 Å². The second kappa shape index (κ2) is 23.0. The van der Waals surface area contributed by atoms with Crippen molar-refractivity contribution in [3.63, 3.8) is 0 Å². The smallest absolute Gasteiger partial charge is 0.307 e. The zero-order valence-electron chi connectivity index (χ0n) is 52.5. The van der Waals surface area contributed by atoms with Crippen molar-refractivity contribution >= 4 is 98.6 Å². The van der Waals surface area contributed by atoms with E-state index in [0.717, 1.165) is 117 Å². The predicted octanol–water partition coefficient (Wildman–Crippen LogP) is 24.4. The third-order valence-corrected chi connectivity index (χ3v) is 18.6. The molecular formula is C82H50F9N7. The van der Waals surface area contributed by atoms with Crippen molar-refractivity contribution in [1.29, 1.82) is 5.26 Å². The monoisotopic (exact) mass is 1300 g/mol. The number of rotatable bonds is 6. The first-order valence-corrected chi connectivity index (χ1v) is 31.1. The molecule has 0 aliphatic heterocycles. The molecule has 0 aliphatic carbocycles. The summed E-state index contributed by atoms with van der Waals surface area (Å²) in [5.41, 5.74) is 8.50. The van der Waals surface area contributed by atoms with Gasteiger partial charge in [-0.2, -0.15) is 44.8 Å². The maximum absolute atomic E-state index is 15.3. The van der Waals surface area contributed by atoms with Gasteiger partial charge in [-0.15, -0.1) is 0 Å². The maximum Gasteiger partial charge on any atom is 0.417 e. The van der Waals surface area contributed by atoms with Gasteiger partial charge in [0.25, 0.3) is 0 Å². The SMILES string of the molecule is [C-]#[N+]c1cc(-c2cc(-n3c4ccccc4c4c(C)cccc43)c(-n3c4ccccc4c4c(C)cccc43)cc2C#N)cc(C(F)(F)F)c1.[C-]#[N+]c1cc(-c2cc(-n3c4ccccc4c4c(C)cccc43)c(-n3c4ccccc4c4c(C)cccc43)cc2C(F)(F)F)cc(C(F)(F)F)c1. The lowest BCUT2D eigenvalue weighted by Crippen LogP contribution is -2.12. The molecule has 0 N–H and O–H groups in total. The second-order valence-corrected chi connectivity index (χ2v) is 24.4. The van der Waals surface area contributed by atoms with Crippen molar-refractivity contribution in [2.45, 2.75) is 46.2 Å². The van der Waals surface area contributed by atoms with E-state index in [4.69, 9.17) is 13.1 Å². The normalized spacial score (nSPS) is 12.1. The molecule has 0 amide bonds. The summed E-state index contributed by atoms with van der Waals surface area (Å²) in [5, 5.41) is 18.3. The first-order valence-electron chi connectivity index (χ1n) is 31.1. The van der Waals surface area contributed by atoms with E-state index in [1.807, 2.05) is 164 Å². The van der Waals surface area contributed by atoms with E-state index in [2.05, 4.69) is 69.1 Å². The van der Waals surface area contributed by atoms with Gasteiger partial charge in [-0.1, -0.05) is 121 Å². The standard InChI is InChI=1S/C41H25F6N3.C41H25F3N4/c1-23-10-8-16-34-38(23)28-12-4-6-14-32(28)49(34)36-21-30(25-18-26(40(42,43)44)20-27(19-25)48-3)31(41(45,46)47)22-37(36)50-33-15-7-5-13-29(33)39-24(2)11-9-17-35(39)50;1-24-10-8-16-35-39(24)30-12-4-6-14-33(30)47(35)37-20-27(23-45)32(26-18-28(41(42,43)44)21-29(19-26)46-3)22-38(37)48-34-15-7-5-13-31(34)40-25(2)11-9-17-36(40)48/h4-22H,1-2H3;4-22H,1-2H3. The Morgan fingerprint density at radius 2 is 0.622 bits per heavy atom. The van der Waals surface area contributed by atoms with Crippen molar-refractivity contribution in [3.05, 3.63) is 298 Å². The number of nitriles is 1. The highest BCUT2D eigenvalue weighted by Gasteiger charge is 2.38. The number of para-hydroxylation sites is 4. The lowest BCUT2D eigenvalue weighted by Gasteiger charge is -2.22. The van der Waals surface area contributed by atoms with Gasteiger partial charge in [-0.25, -0.2) is 9.69 Å². The van der Waals surface area contributed by atoms with E-state index in [1.165, 1.54) is 12.1 Å². The summed E-state index contributed by atoms with van der Waals surface area (Å²) in [6.45, 7) is 23.1. The zero-order valence-corrected chi connectivity index (χ0v) is 52.5. The number of hydrogen-bond acceptors (Lipinski definition) is 1. The van der Waals surface area contributed by atoms with E-state index in [1.54, 1.807) is 10.6 Å². The summed E-state index contributed by atoms with van der Waals surface area (Å²) in [7, 11) is 0. The number of aryl methyl sites for hydroxylation is 4. The molecule has 12 aromatic carbocycles. The van der Waals surface area contributed by atoms with Crippen LogP contribution in [0, 0.1) is 52.2 Å². The van der Waals surface area contributed by atoms with Gasteiger partial charge in [0.2, 0.25) is 0 Å². The van der Waals surface area contributed by atoms with Crippen LogP contribution in [-0.4, -0.2) is 18.3 Å². The first-order chi connectivity index (χ1) is 47.1. The summed E-state index contributed by atoms with van der Waals surface area (Å²) >= 11 is 0. The highest BCUT2D eigenvalue weighted by molar-refractivity contribution is 6.15.